The Labute approximate surface area is 715 Å². The van der Waals surface area contributed by atoms with E-state index < -0.39 is 91.5 Å². The summed E-state index contributed by atoms with van der Waals surface area (Å²) in [4.78, 5) is 59.0. The molecule has 4 N–H and O–H groups in total. The second-order valence-corrected chi connectivity index (χ2v) is 34.4. The van der Waals surface area contributed by atoms with Crippen LogP contribution in [0.5, 0.6) is 0 Å². The average molecular weight is 1680 g/mol. The number of rotatable bonds is 89. The Bertz CT molecular complexity index is 2710. The van der Waals surface area contributed by atoms with Crippen LogP contribution in [0.15, 0.2) is 146 Å². The van der Waals surface area contributed by atoms with Crippen LogP contribution in [-0.2, 0) is 55.8 Å². The molecule has 0 rings (SSSR count). The molecule has 0 fully saturated rings. The topological polar surface area (TPSA) is 231 Å². The van der Waals surface area contributed by atoms with Crippen LogP contribution < -0.4 is 0 Å². The van der Waals surface area contributed by atoms with Crippen LogP contribution in [0.3, 0.4) is 0 Å². The highest BCUT2D eigenvalue weighted by Crippen LogP contribution is 2.45. The molecule has 18 heteroatoms. The van der Waals surface area contributed by atoms with Crippen molar-refractivity contribution in [2.45, 2.75) is 424 Å². The number of phosphoric ester groups is 2. The van der Waals surface area contributed by atoms with Crippen LogP contribution in [0.2, 0.25) is 0 Å². The number of carbonyl (C=O) groups is 3. The lowest BCUT2D eigenvalue weighted by atomic mass is 10.0. The van der Waals surface area contributed by atoms with Crippen LogP contribution in [0.4, 0.5) is 0 Å². The SMILES string of the molecule is CCCCC/C=C\C/C=C\C/C=C\C/C=C\CCCCCCCCCCCCCCCCCCCCCC(=O)OCC(O)COP(=O)(O)OCC(O)COP(=O)(O)OCC(COC(=O)CCCCCCCCCCC/C=C\C/C=C\C/C=C\C/C=C\CCCCC)OC(=O)CCCCCCC/C=C\C/C=C\C/C=C\C/C=C\CCCCC. The van der Waals surface area contributed by atoms with E-state index in [2.05, 4.69) is 167 Å². The number of hydrogen-bond donors (Lipinski definition) is 4. The first-order valence-corrected chi connectivity index (χ1v) is 50.1. The molecule has 0 aliphatic carbocycles. The molecule has 5 unspecified atom stereocenters. The highest BCUT2D eigenvalue weighted by Gasteiger charge is 2.29. The van der Waals surface area contributed by atoms with Crippen molar-refractivity contribution in [3.05, 3.63) is 146 Å². The van der Waals surface area contributed by atoms with Gasteiger partial charge in [-0.1, -0.05) is 378 Å². The molecule has 0 amide bonds. The van der Waals surface area contributed by atoms with Gasteiger partial charge in [0.25, 0.3) is 0 Å². The predicted molar refractivity (Wildman–Crippen MR) is 491 cm³/mol. The van der Waals surface area contributed by atoms with Gasteiger partial charge in [-0.25, -0.2) is 9.13 Å². The first-order valence-electron chi connectivity index (χ1n) is 47.1. The first kappa shape index (κ1) is 112. The number of ether oxygens (including phenoxy) is 3. The third-order valence-corrected chi connectivity index (χ3v) is 21.9. The van der Waals surface area contributed by atoms with E-state index in [1.807, 2.05) is 0 Å². The van der Waals surface area contributed by atoms with Crippen molar-refractivity contribution in [1.29, 1.82) is 0 Å². The number of phosphoric acid groups is 2. The summed E-state index contributed by atoms with van der Waals surface area (Å²) in [5.74, 6) is -1.59. The molecule has 16 nitrogen and oxygen atoms in total. The average Bonchev–Trinajstić information content (AvgIpc) is 0.900. The second-order valence-electron chi connectivity index (χ2n) is 31.5. The van der Waals surface area contributed by atoms with Gasteiger partial charge in [0.15, 0.2) is 6.10 Å². The molecule has 0 saturated carbocycles. The number of carbonyl (C=O) groups excluding carboxylic acids is 3. The summed E-state index contributed by atoms with van der Waals surface area (Å²) in [6, 6.07) is 0. The van der Waals surface area contributed by atoms with Crippen molar-refractivity contribution in [1.82, 2.24) is 0 Å². The summed E-state index contributed by atoms with van der Waals surface area (Å²) in [5, 5.41) is 20.7. The van der Waals surface area contributed by atoms with Crippen LogP contribution in [0.25, 0.3) is 0 Å². The Balaban J connectivity index is 4.53. The van der Waals surface area contributed by atoms with Crippen molar-refractivity contribution in [2.24, 2.45) is 0 Å². The molecule has 0 aromatic carbocycles. The Morgan fingerprint density at radius 2 is 0.427 bits per heavy atom. The van der Waals surface area contributed by atoms with Gasteiger partial charge in [0.05, 0.1) is 26.4 Å². The molecule has 0 spiro atoms. The highest BCUT2D eigenvalue weighted by atomic mass is 31.2. The third kappa shape index (κ3) is 92.0. The molecule has 674 valence electrons. The summed E-state index contributed by atoms with van der Waals surface area (Å²) in [6.07, 6.45) is 115. The van der Waals surface area contributed by atoms with Crippen molar-refractivity contribution in [3.63, 3.8) is 0 Å². The van der Waals surface area contributed by atoms with Gasteiger partial charge in [-0.2, -0.15) is 0 Å². The molecule has 5 atom stereocenters. The van der Waals surface area contributed by atoms with E-state index in [1.54, 1.807) is 0 Å². The van der Waals surface area contributed by atoms with Crippen molar-refractivity contribution >= 4 is 33.6 Å². The van der Waals surface area contributed by atoms with Gasteiger partial charge in [0.2, 0.25) is 0 Å². The summed E-state index contributed by atoms with van der Waals surface area (Å²) in [5.41, 5.74) is 0. The largest absolute Gasteiger partial charge is 0.472 e. The van der Waals surface area contributed by atoms with Crippen LogP contribution in [0.1, 0.15) is 406 Å². The lowest BCUT2D eigenvalue weighted by Crippen LogP contribution is -2.30. The zero-order valence-corrected chi connectivity index (χ0v) is 76.1. The molecule has 0 bridgehead atoms. The number of aliphatic hydroxyl groups is 2. The molecule has 0 heterocycles. The summed E-state index contributed by atoms with van der Waals surface area (Å²) >= 11 is 0. The molecule has 0 radical (unpaired) electrons. The Morgan fingerprint density at radius 1 is 0.239 bits per heavy atom. The summed E-state index contributed by atoms with van der Waals surface area (Å²) in [7, 11) is -9.82. The van der Waals surface area contributed by atoms with E-state index in [-0.39, 0.29) is 19.3 Å². The van der Waals surface area contributed by atoms with Gasteiger partial charge in [-0.05, 0) is 154 Å². The normalized spacial score (nSPS) is 14.4. The van der Waals surface area contributed by atoms with Crippen molar-refractivity contribution in [3.8, 4) is 0 Å². The van der Waals surface area contributed by atoms with E-state index in [4.69, 9.17) is 32.3 Å². The monoisotopic (exact) mass is 1680 g/mol. The Kier molecular flexibility index (Phi) is 87.1. The van der Waals surface area contributed by atoms with Crippen LogP contribution in [-0.4, -0.2) is 95.9 Å². The van der Waals surface area contributed by atoms with Gasteiger partial charge in [-0.3, -0.25) is 32.5 Å². The fraction of sp³-hybridized carbons (Fsp3) is 0.727. The first-order chi connectivity index (χ1) is 57.2. The molecular weight excluding hydrogens is 1510 g/mol. The zero-order valence-electron chi connectivity index (χ0n) is 74.3. The molecule has 117 heavy (non-hydrogen) atoms. The maximum Gasteiger partial charge on any atom is 0.472 e. The maximum atomic E-state index is 13.1. The van der Waals surface area contributed by atoms with Gasteiger partial charge in [-0.15, -0.1) is 0 Å². The fourth-order valence-electron chi connectivity index (χ4n) is 12.8. The van der Waals surface area contributed by atoms with Crippen LogP contribution in [0, 0.1) is 0 Å². The van der Waals surface area contributed by atoms with Crippen LogP contribution >= 0.6 is 15.6 Å². The van der Waals surface area contributed by atoms with Gasteiger partial charge in [0.1, 0.15) is 25.4 Å². The molecule has 0 aliphatic heterocycles. The molecule has 0 aromatic heterocycles. The number of unbranched alkanes of at least 4 members (excludes halogenated alkanes) is 42. The Hall–Kier alpha value is -4.57. The van der Waals surface area contributed by atoms with Crippen molar-refractivity contribution < 1.29 is 75.8 Å². The smallest absolute Gasteiger partial charge is 0.463 e. The molecule has 0 saturated heterocycles. The second kappa shape index (κ2) is 90.7. The number of aliphatic hydroxyl groups excluding tert-OH is 2. The van der Waals surface area contributed by atoms with E-state index in [0.717, 1.165) is 148 Å². The number of hydrogen-bond acceptors (Lipinski definition) is 14. The van der Waals surface area contributed by atoms with E-state index in [9.17, 15) is 43.5 Å². The molecule has 0 aliphatic rings. The van der Waals surface area contributed by atoms with Gasteiger partial charge in [0, 0.05) is 19.3 Å². The van der Waals surface area contributed by atoms with E-state index in [0.29, 0.717) is 19.3 Å². The molecule has 0 aromatic rings. The summed E-state index contributed by atoms with van der Waals surface area (Å²) < 4.78 is 61.5. The number of esters is 3. The highest BCUT2D eigenvalue weighted by molar-refractivity contribution is 7.47. The van der Waals surface area contributed by atoms with E-state index >= 15 is 0 Å². The van der Waals surface area contributed by atoms with Crippen molar-refractivity contribution in [2.75, 3.05) is 39.6 Å². The minimum absolute atomic E-state index is 0.0793. The standard InChI is InChI=1S/C99H172O16P2/c1-4-7-10-13-16-19-22-25-28-31-34-37-39-41-42-43-44-45-46-47-48-49-50-52-54-56-58-61-64-67-70-73-76-79-82-85-97(102)109-88-94(100)89-111-116(105,106)112-90-95(101)91-113-117(107,108)114-93-96(115-99(104)87-84-81-78-75-72-69-66-63-60-55-36-33-30-27-24-21-18-15-12-9-6-3)92-110-98(103)86-83-80-77-74-71-68-65-62-59-57-53-51-40-38-35-32-29-26-23-20-17-14-11-8-5-2/h16-21,25-30,34-38,41-42,51,53,55,63,66,94-96,100-101H,4-15,22-24,31-33,39-40,43-50,52,54,56-62,64-65,67-93H2,1-3H3,(H,105,106)(H,107,108)/b19-16-,20-17-,21-18-,28-25-,29-26-,30-27-,37-34-,38-35-,42-41-,53-51-,55-36-,66-63-. The number of allylic oxidation sites excluding steroid dienone is 24. The molecular formula is C99H172O16P2. The minimum atomic E-state index is -4.95. The predicted octanol–water partition coefficient (Wildman–Crippen LogP) is 29.1. The lowest BCUT2D eigenvalue weighted by molar-refractivity contribution is -0.161. The lowest BCUT2D eigenvalue weighted by Gasteiger charge is -2.21. The minimum Gasteiger partial charge on any atom is -0.463 e. The maximum absolute atomic E-state index is 13.1. The third-order valence-electron chi connectivity index (χ3n) is 20.0. The Morgan fingerprint density at radius 3 is 0.675 bits per heavy atom. The van der Waals surface area contributed by atoms with E-state index in [1.165, 1.54) is 199 Å². The van der Waals surface area contributed by atoms with Gasteiger partial charge < -0.3 is 34.2 Å². The summed E-state index contributed by atoms with van der Waals surface area (Å²) in [6.45, 7) is 2.62. The fourth-order valence-corrected chi connectivity index (χ4v) is 14.4. The quantitative estimate of drug-likeness (QED) is 0.0146. The zero-order chi connectivity index (χ0) is 85.1. The van der Waals surface area contributed by atoms with Gasteiger partial charge >= 0.3 is 33.6 Å².